The Balaban J connectivity index is 2.44. The average molecular weight is 426 g/mol. The molecule has 21 heavy (non-hydrogen) atoms. The molecule has 114 valence electrons. The first-order valence-corrected chi connectivity index (χ1v) is 8.25. The number of rotatable bonds is 4. The van der Waals surface area contributed by atoms with Crippen molar-refractivity contribution in [3.63, 3.8) is 0 Å². The number of aryl methyl sites for hydroxylation is 1. The highest BCUT2D eigenvalue weighted by atomic mass is 127. The second-order valence-electron chi connectivity index (χ2n) is 4.53. The van der Waals surface area contributed by atoms with E-state index in [0.29, 0.717) is 22.8 Å². The molecular formula is C14H14F3IN2S. The van der Waals surface area contributed by atoms with Crippen LogP contribution in [0.5, 0.6) is 0 Å². The van der Waals surface area contributed by atoms with Crippen molar-refractivity contribution >= 4 is 33.9 Å². The summed E-state index contributed by atoms with van der Waals surface area (Å²) in [6.45, 7) is 4.58. The highest BCUT2D eigenvalue weighted by molar-refractivity contribution is 14.1. The van der Waals surface area contributed by atoms with Crippen LogP contribution in [0.1, 0.15) is 34.0 Å². The van der Waals surface area contributed by atoms with Crippen LogP contribution in [0, 0.1) is 10.5 Å². The van der Waals surface area contributed by atoms with Crippen LogP contribution in [0.4, 0.5) is 13.2 Å². The van der Waals surface area contributed by atoms with Gasteiger partial charge in [0, 0.05) is 14.6 Å². The molecule has 7 heteroatoms. The van der Waals surface area contributed by atoms with Gasteiger partial charge in [-0.2, -0.15) is 13.2 Å². The van der Waals surface area contributed by atoms with E-state index >= 15 is 0 Å². The number of benzene rings is 1. The first-order chi connectivity index (χ1) is 9.84. The molecule has 0 fully saturated rings. The number of aromatic nitrogens is 1. The zero-order valence-electron chi connectivity index (χ0n) is 11.5. The average Bonchev–Trinajstić information content (AvgIpc) is 2.89. The van der Waals surface area contributed by atoms with E-state index in [1.807, 2.05) is 32.0 Å². The summed E-state index contributed by atoms with van der Waals surface area (Å²) < 4.78 is 39.2. The molecule has 2 aromatic rings. The first-order valence-electron chi connectivity index (χ1n) is 6.36. The van der Waals surface area contributed by atoms with E-state index in [0.717, 1.165) is 14.7 Å². The van der Waals surface area contributed by atoms with E-state index in [4.69, 9.17) is 0 Å². The van der Waals surface area contributed by atoms with Gasteiger partial charge >= 0.3 is 6.18 Å². The zero-order chi connectivity index (χ0) is 15.6. The molecule has 0 radical (unpaired) electrons. The topological polar surface area (TPSA) is 24.9 Å². The van der Waals surface area contributed by atoms with Crippen LogP contribution in [0.2, 0.25) is 0 Å². The summed E-state index contributed by atoms with van der Waals surface area (Å²) in [5.74, 6) is 0. The summed E-state index contributed by atoms with van der Waals surface area (Å²) in [5.41, 5.74) is 2.09. The van der Waals surface area contributed by atoms with Crippen LogP contribution in [-0.2, 0) is 6.18 Å². The molecule has 1 heterocycles. The van der Waals surface area contributed by atoms with Crippen molar-refractivity contribution in [2.24, 2.45) is 0 Å². The smallest absolute Gasteiger partial charge is 0.306 e. The standard InChI is InChI=1S/C14H14F3IN2S/c1-3-19-12(9-6-4-5-8(2)11(9)18)10-7-20-13(21-10)14(15,16)17/h4-7,12,19H,3H2,1-2H3. The lowest BCUT2D eigenvalue weighted by Crippen LogP contribution is -2.22. The Morgan fingerprint density at radius 3 is 2.67 bits per heavy atom. The van der Waals surface area contributed by atoms with Gasteiger partial charge in [-0.25, -0.2) is 4.98 Å². The molecule has 0 spiro atoms. The Hall–Kier alpha value is -0.670. The third-order valence-electron chi connectivity index (χ3n) is 2.99. The van der Waals surface area contributed by atoms with Crippen molar-refractivity contribution < 1.29 is 13.2 Å². The minimum absolute atomic E-state index is 0.268. The summed E-state index contributed by atoms with van der Waals surface area (Å²) in [4.78, 5) is 4.10. The van der Waals surface area contributed by atoms with Gasteiger partial charge in [0.1, 0.15) is 0 Å². The predicted molar refractivity (Wildman–Crippen MR) is 86.5 cm³/mol. The minimum atomic E-state index is -4.39. The maximum atomic E-state index is 12.7. The Kier molecular flexibility index (Phi) is 5.26. The van der Waals surface area contributed by atoms with Crippen LogP contribution >= 0.6 is 33.9 Å². The maximum Gasteiger partial charge on any atom is 0.443 e. The minimum Gasteiger partial charge on any atom is -0.306 e. The molecule has 0 aliphatic rings. The molecule has 0 amide bonds. The molecule has 1 N–H and O–H groups in total. The van der Waals surface area contributed by atoms with Crippen LogP contribution in [0.3, 0.4) is 0 Å². The number of nitrogens with zero attached hydrogens (tertiary/aromatic N) is 1. The van der Waals surface area contributed by atoms with Gasteiger partial charge in [0.25, 0.3) is 0 Å². The molecular weight excluding hydrogens is 412 g/mol. The number of hydrogen-bond donors (Lipinski definition) is 1. The Morgan fingerprint density at radius 1 is 1.38 bits per heavy atom. The van der Waals surface area contributed by atoms with Crippen molar-refractivity contribution in [3.05, 3.63) is 49.0 Å². The van der Waals surface area contributed by atoms with Crippen molar-refractivity contribution in [2.45, 2.75) is 26.1 Å². The number of alkyl halides is 3. The normalized spacial score (nSPS) is 13.4. The van der Waals surface area contributed by atoms with Gasteiger partial charge in [-0.05, 0) is 47.2 Å². The van der Waals surface area contributed by atoms with E-state index in [2.05, 4.69) is 32.9 Å². The molecule has 0 saturated carbocycles. The number of hydrogen-bond acceptors (Lipinski definition) is 3. The lowest BCUT2D eigenvalue weighted by molar-refractivity contribution is -0.137. The van der Waals surface area contributed by atoms with Crippen LogP contribution in [0.25, 0.3) is 0 Å². The van der Waals surface area contributed by atoms with Crippen LogP contribution < -0.4 is 5.32 Å². The van der Waals surface area contributed by atoms with E-state index in [1.54, 1.807) is 0 Å². The second-order valence-corrected chi connectivity index (χ2v) is 6.68. The molecule has 1 unspecified atom stereocenters. The van der Waals surface area contributed by atoms with Gasteiger partial charge in [0.05, 0.1) is 6.04 Å². The lowest BCUT2D eigenvalue weighted by Gasteiger charge is -2.19. The van der Waals surface area contributed by atoms with Crippen molar-refractivity contribution in [3.8, 4) is 0 Å². The van der Waals surface area contributed by atoms with Crippen molar-refractivity contribution in [1.29, 1.82) is 0 Å². The highest BCUT2D eigenvalue weighted by Gasteiger charge is 2.35. The molecule has 2 rings (SSSR count). The number of halogens is 4. The van der Waals surface area contributed by atoms with Gasteiger partial charge in [0.2, 0.25) is 0 Å². The molecule has 1 aromatic heterocycles. The van der Waals surface area contributed by atoms with E-state index in [1.165, 1.54) is 6.20 Å². The SMILES string of the molecule is CCNC(c1cnc(C(F)(F)F)s1)c1cccc(C)c1I. The molecule has 0 aliphatic heterocycles. The molecule has 2 nitrogen and oxygen atoms in total. The summed E-state index contributed by atoms with van der Waals surface area (Å²) in [5, 5.41) is 2.44. The molecule has 0 saturated heterocycles. The number of nitrogens with one attached hydrogen (secondary N) is 1. The van der Waals surface area contributed by atoms with Gasteiger partial charge in [0.15, 0.2) is 5.01 Å². The van der Waals surface area contributed by atoms with Gasteiger partial charge in [-0.1, -0.05) is 25.1 Å². The van der Waals surface area contributed by atoms with E-state index in [-0.39, 0.29) is 6.04 Å². The molecule has 0 bridgehead atoms. The number of thiazole rings is 1. The fourth-order valence-corrected chi connectivity index (χ4v) is 3.56. The zero-order valence-corrected chi connectivity index (χ0v) is 14.4. The monoisotopic (exact) mass is 426 g/mol. The van der Waals surface area contributed by atoms with Gasteiger partial charge in [-0.3, -0.25) is 0 Å². The third kappa shape index (κ3) is 3.75. The quantitative estimate of drug-likeness (QED) is 0.713. The molecule has 0 aliphatic carbocycles. The summed E-state index contributed by atoms with van der Waals surface area (Å²) in [7, 11) is 0. The lowest BCUT2D eigenvalue weighted by atomic mass is 10.0. The van der Waals surface area contributed by atoms with Gasteiger partial charge in [-0.15, -0.1) is 11.3 Å². The Bertz CT molecular complexity index is 625. The summed E-state index contributed by atoms with van der Waals surface area (Å²) in [6.07, 6.45) is -3.07. The largest absolute Gasteiger partial charge is 0.443 e. The molecule has 1 atom stereocenters. The molecule has 1 aromatic carbocycles. The fraction of sp³-hybridized carbons (Fsp3) is 0.357. The first kappa shape index (κ1) is 16.7. The predicted octanol–water partition coefficient (Wildman–Crippen LogP) is 4.77. The van der Waals surface area contributed by atoms with Crippen LogP contribution in [0.15, 0.2) is 24.4 Å². The van der Waals surface area contributed by atoms with E-state index < -0.39 is 11.2 Å². The second kappa shape index (κ2) is 6.62. The Morgan fingerprint density at radius 2 is 2.10 bits per heavy atom. The summed E-state index contributed by atoms with van der Waals surface area (Å²) >= 11 is 2.93. The fourth-order valence-electron chi connectivity index (χ4n) is 2.01. The Labute approximate surface area is 138 Å². The van der Waals surface area contributed by atoms with Crippen molar-refractivity contribution in [1.82, 2.24) is 10.3 Å². The van der Waals surface area contributed by atoms with Gasteiger partial charge < -0.3 is 5.32 Å². The maximum absolute atomic E-state index is 12.7. The van der Waals surface area contributed by atoms with E-state index in [9.17, 15) is 13.2 Å². The van der Waals surface area contributed by atoms with Crippen molar-refractivity contribution in [2.75, 3.05) is 6.54 Å². The third-order valence-corrected chi connectivity index (χ3v) is 5.57. The summed E-state index contributed by atoms with van der Waals surface area (Å²) in [6, 6.07) is 5.58. The van der Waals surface area contributed by atoms with Crippen LogP contribution in [-0.4, -0.2) is 11.5 Å². The highest BCUT2D eigenvalue weighted by Crippen LogP contribution is 2.37.